The van der Waals surface area contributed by atoms with Crippen LogP contribution in [0.15, 0.2) is 5.38 Å². The highest BCUT2D eigenvalue weighted by atomic mass is 32.1. The molecule has 0 bridgehead atoms. The minimum Gasteiger partial charge on any atom is -0.375 e. The molecule has 20 heavy (non-hydrogen) atoms. The molecule has 0 amide bonds. The Morgan fingerprint density at radius 2 is 2.05 bits per heavy atom. The molecule has 5 nitrogen and oxygen atoms in total. The Kier molecular flexibility index (Phi) is 5.06. The van der Waals surface area contributed by atoms with Crippen molar-refractivity contribution in [3.8, 4) is 0 Å². The first-order valence-electron chi connectivity index (χ1n) is 6.53. The van der Waals surface area contributed by atoms with E-state index in [1.54, 1.807) is 18.4 Å². The first-order chi connectivity index (χ1) is 9.51. The van der Waals surface area contributed by atoms with E-state index in [1.807, 2.05) is 14.0 Å². The van der Waals surface area contributed by atoms with Crippen molar-refractivity contribution in [1.29, 1.82) is 0 Å². The van der Waals surface area contributed by atoms with Crippen molar-refractivity contribution < 1.29 is 4.74 Å². The minimum atomic E-state index is 0.0492. The lowest BCUT2D eigenvalue weighted by atomic mass is 10.2. The van der Waals surface area contributed by atoms with Crippen LogP contribution in [-0.2, 0) is 11.3 Å². The molecule has 0 saturated carbocycles. The van der Waals surface area contributed by atoms with Gasteiger partial charge in [-0.15, -0.1) is 11.3 Å². The van der Waals surface area contributed by atoms with Gasteiger partial charge in [-0.25, -0.2) is 9.97 Å². The quantitative estimate of drug-likeness (QED) is 0.817. The van der Waals surface area contributed by atoms with Gasteiger partial charge in [0.25, 0.3) is 0 Å². The van der Waals surface area contributed by atoms with Crippen molar-refractivity contribution in [2.75, 3.05) is 19.1 Å². The van der Waals surface area contributed by atoms with Gasteiger partial charge in [-0.2, -0.15) is 4.37 Å². The van der Waals surface area contributed by atoms with Gasteiger partial charge in [-0.3, -0.25) is 0 Å². The second kappa shape index (κ2) is 6.60. The molecule has 0 aliphatic rings. The average molecular weight is 312 g/mol. The van der Waals surface area contributed by atoms with Crippen LogP contribution in [0.1, 0.15) is 49.3 Å². The van der Waals surface area contributed by atoms with Crippen LogP contribution in [0.4, 0.5) is 5.13 Å². The largest absolute Gasteiger partial charge is 0.375 e. The molecule has 2 aromatic rings. The maximum Gasteiger partial charge on any atom is 0.205 e. The Hall–Kier alpha value is -1.05. The summed E-state index contributed by atoms with van der Waals surface area (Å²) < 4.78 is 9.66. The van der Waals surface area contributed by atoms with E-state index in [-0.39, 0.29) is 6.10 Å². The van der Waals surface area contributed by atoms with Crippen molar-refractivity contribution in [1.82, 2.24) is 14.3 Å². The van der Waals surface area contributed by atoms with Crippen LogP contribution in [0.25, 0.3) is 0 Å². The molecule has 1 unspecified atom stereocenters. The molecular formula is C13H20N4OS2. The van der Waals surface area contributed by atoms with Gasteiger partial charge < -0.3 is 9.64 Å². The van der Waals surface area contributed by atoms with Crippen molar-refractivity contribution in [2.24, 2.45) is 0 Å². The standard InChI is InChI=1S/C13H20N4OS2/c1-8(2)11-15-13(20-16-11)17(4)6-10-7-19-12(14-10)9(3)18-5/h7-9H,6H2,1-5H3. The Bertz CT molecular complexity index is 552. The molecular weight excluding hydrogens is 292 g/mol. The topological polar surface area (TPSA) is 51.1 Å². The molecule has 0 aliphatic heterocycles. The maximum absolute atomic E-state index is 5.28. The molecule has 0 aliphatic carbocycles. The summed E-state index contributed by atoms with van der Waals surface area (Å²) in [5.74, 6) is 1.27. The summed E-state index contributed by atoms with van der Waals surface area (Å²) in [6, 6.07) is 0. The third kappa shape index (κ3) is 3.53. The SMILES string of the molecule is COC(C)c1nc(CN(C)c2nc(C(C)C)ns2)cs1. The smallest absolute Gasteiger partial charge is 0.205 e. The van der Waals surface area contributed by atoms with Gasteiger partial charge in [0.05, 0.1) is 12.2 Å². The zero-order valence-electron chi connectivity index (χ0n) is 12.5. The van der Waals surface area contributed by atoms with Gasteiger partial charge in [-0.05, 0) is 6.92 Å². The molecule has 110 valence electrons. The van der Waals surface area contributed by atoms with Crippen LogP contribution in [0, 0.1) is 0 Å². The number of ether oxygens (including phenoxy) is 1. The molecule has 0 radical (unpaired) electrons. The number of thiazole rings is 1. The molecule has 0 N–H and O–H groups in total. The molecule has 0 fully saturated rings. The first-order valence-corrected chi connectivity index (χ1v) is 8.18. The summed E-state index contributed by atoms with van der Waals surface area (Å²) in [6.07, 6.45) is 0.0492. The summed E-state index contributed by atoms with van der Waals surface area (Å²) in [7, 11) is 3.72. The zero-order chi connectivity index (χ0) is 14.7. The number of hydrogen-bond acceptors (Lipinski definition) is 7. The highest BCUT2D eigenvalue weighted by Gasteiger charge is 2.14. The Morgan fingerprint density at radius 3 is 2.65 bits per heavy atom. The van der Waals surface area contributed by atoms with Gasteiger partial charge in [0.1, 0.15) is 16.9 Å². The highest BCUT2D eigenvalue weighted by Crippen LogP contribution is 2.24. The maximum atomic E-state index is 5.28. The summed E-state index contributed by atoms with van der Waals surface area (Å²) in [5.41, 5.74) is 1.04. The monoisotopic (exact) mass is 312 g/mol. The summed E-state index contributed by atoms with van der Waals surface area (Å²) in [6.45, 7) is 6.95. The van der Waals surface area contributed by atoms with Gasteiger partial charge in [0.2, 0.25) is 5.13 Å². The van der Waals surface area contributed by atoms with Gasteiger partial charge >= 0.3 is 0 Å². The Labute approximate surface area is 127 Å². The summed E-state index contributed by atoms with van der Waals surface area (Å²) >= 11 is 3.07. The lowest BCUT2D eigenvalue weighted by molar-refractivity contribution is 0.119. The van der Waals surface area contributed by atoms with E-state index in [0.717, 1.165) is 28.2 Å². The van der Waals surface area contributed by atoms with Crippen molar-refractivity contribution in [3.63, 3.8) is 0 Å². The van der Waals surface area contributed by atoms with Crippen LogP contribution >= 0.6 is 22.9 Å². The third-order valence-corrected chi connectivity index (χ3v) is 4.84. The predicted molar refractivity (Wildman–Crippen MR) is 83.6 cm³/mol. The summed E-state index contributed by atoms with van der Waals surface area (Å²) in [4.78, 5) is 11.2. The van der Waals surface area contributed by atoms with E-state index in [4.69, 9.17) is 4.74 Å². The number of hydrogen-bond donors (Lipinski definition) is 0. The number of rotatable bonds is 6. The van der Waals surface area contributed by atoms with E-state index in [9.17, 15) is 0 Å². The van der Waals surface area contributed by atoms with E-state index >= 15 is 0 Å². The Balaban J connectivity index is 2.03. The van der Waals surface area contributed by atoms with E-state index in [2.05, 4.69) is 38.5 Å². The zero-order valence-corrected chi connectivity index (χ0v) is 14.1. The number of methoxy groups -OCH3 is 1. The molecule has 2 aromatic heterocycles. The van der Waals surface area contributed by atoms with Crippen molar-refractivity contribution in [2.45, 2.75) is 39.3 Å². The fraction of sp³-hybridized carbons (Fsp3) is 0.615. The summed E-state index contributed by atoms with van der Waals surface area (Å²) in [5, 5.41) is 4.02. The van der Waals surface area contributed by atoms with E-state index in [0.29, 0.717) is 5.92 Å². The van der Waals surface area contributed by atoms with Crippen LogP contribution in [0.3, 0.4) is 0 Å². The molecule has 1 atom stereocenters. The molecule has 0 spiro atoms. The van der Waals surface area contributed by atoms with Crippen molar-refractivity contribution >= 4 is 28.0 Å². The van der Waals surface area contributed by atoms with Gasteiger partial charge in [0.15, 0.2) is 0 Å². The van der Waals surface area contributed by atoms with Gasteiger partial charge in [0, 0.05) is 37.0 Å². The fourth-order valence-electron chi connectivity index (χ4n) is 1.61. The second-order valence-electron chi connectivity index (χ2n) is 5.00. The first kappa shape index (κ1) is 15.3. The number of aromatic nitrogens is 3. The molecule has 2 rings (SSSR count). The minimum absolute atomic E-state index is 0.0492. The average Bonchev–Trinajstić information content (AvgIpc) is 3.06. The normalized spacial score (nSPS) is 12.9. The fourth-order valence-corrected chi connectivity index (χ4v) is 3.22. The number of anilines is 1. The molecule has 2 heterocycles. The third-order valence-electron chi connectivity index (χ3n) is 2.94. The van der Waals surface area contributed by atoms with Crippen LogP contribution in [0.5, 0.6) is 0 Å². The van der Waals surface area contributed by atoms with Crippen LogP contribution < -0.4 is 4.90 Å². The predicted octanol–water partition coefficient (Wildman–Crippen LogP) is 3.46. The highest BCUT2D eigenvalue weighted by molar-refractivity contribution is 7.10. The number of nitrogens with zero attached hydrogens (tertiary/aromatic N) is 4. The van der Waals surface area contributed by atoms with E-state index < -0.39 is 0 Å². The molecule has 7 heteroatoms. The molecule has 0 saturated heterocycles. The van der Waals surface area contributed by atoms with Crippen molar-refractivity contribution in [3.05, 3.63) is 21.9 Å². The molecule has 0 aromatic carbocycles. The lowest BCUT2D eigenvalue weighted by Gasteiger charge is -2.13. The lowest BCUT2D eigenvalue weighted by Crippen LogP contribution is -2.16. The van der Waals surface area contributed by atoms with Gasteiger partial charge in [-0.1, -0.05) is 13.8 Å². The Morgan fingerprint density at radius 1 is 1.30 bits per heavy atom. The second-order valence-corrected chi connectivity index (χ2v) is 6.62. The van der Waals surface area contributed by atoms with Crippen LogP contribution in [0.2, 0.25) is 0 Å². The van der Waals surface area contributed by atoms with E-state index in [1.165, 1.54) is 11.5 Å². The van der Waals surface area contributed by atoms with Crippen LogP contribution in [-0.4, -0.2) is 28.5 Å².